The Kier molecular flexibility index (Phi) is 6.68. The van der Waals surface area contributed by atoms with Gasteiger partial charge in [0.25, 0.3) is 0 Å². The zero-order valence-electron chi connectivity index (χ0n) is 10.7. The molecule has 0 aliphatic rings. The van der Waals surface area contributed by atoms with Crippen LogP contribution in [0.15, 0.2) is 12.1 Å². The molecule has 5 heteroatoms. The van der Waals surface area contributed by atoms with E-state index < -0.39 is 5.97 Å². The second kappa shape index (κ2) is 8.06. The van der Waals surface area contributed by atoms with Gasteiger partial charge < -0.3 is 9.47 Å². The van der Waals surface area contributed by atoms with Crippen LogP contribution in [0.3, 0.4) is 0 Å². The smallest absolute Gasteiger partial charge is 0.338 e. The lowest BCUT2D eigenvalue weighted by Crippen LogP contribution is -2.11. The molecule has 4 nitrogen and oxygen atoms in total. The Morgan fingerprint density at radius 1 is 1.33 bits per heavy atom. The number of pyridine rings is 1. The molecule has 0 atom stereocenters. The minimum absolute atomic E-state index is 0.246. The molecule has 1 aromatic heterocycles. The van der Waals surface area contributed by atoms with Gasteiger partial charge in [0.15, 0.2) is 0 Å². The Morgan fingerprint density at radius 2 is 2.11 bits per heavy atom. The van der Waals surface area contributed by atoms with Crippen LogP contribution in [-0.2, 0) is 15.9 Å². The fraction of sp³-hybridized carbons (Fsp3) is 0.538. The van der Waals surface area contributed by atoms with E-state index in [1.807, 2.05) is 13.8 Å². The molecule has 0 amide bonds. The third-order valence-electron chi connectivity index (χ3n) is 2.25. The van der Waals surface area contributed by atoms with Crippen LogP contribution in [0.5, 0.6) is 0 Å². The van der Waals surface area contributed by atoms with Gasteiger partial charge >= 0.3 is 5.97 Å². The van der Waals surface area contributed by atoms with Gasteiger partial charge in [-0.15, -0.1) is 0 Å². The summed E-state index contributed by atoms with van der Waals surface area (Å²) in [6.07, 6.45) is 1.74. The van der Waals surface area contributed by atoms with E-state index in [1.54, 1.807) is 6.07 Å². The monoisotopic (exact) mass is 271 g/mol. The topological polar surface area (TPSA) is 48.4 Å². The lowest BCUT2D eigenvalue weighted by Gasteiger charge is -2.06. The van der Waals surface area contributed by atoms with Crippen molar-refractivity contribution in [2.75, 3.05) is 19.8 Å². The van der Waals surface area contributed by atoms with Crippen molar-refractivity contribution in [3.05, 3.63) is 28.5 Å². The summed E-state index contributed by atoms with van der Waals surface area (Å²) in [7, 11) is 0. The molecule has 0 unspecified atom stereocenters. The first-order valence-corrected chi connectivity index (χ1v) is 6.46. The van der Waals surface area contributed by atoms with Crippen molar-refractivity contribution in [1.29, 1.82) is 0 Å². The van der Waals surface area contributed by atoms with Crippen molar-refractivity contribution < 1.29 is 14.3 Å². The van der Waals surface area contributed by atoms with Crippen LogP contribution in [0.2, 0.25) is 5.15 Å². The van der Waals surface area contributed by atoms with Crippen molar-refractivity contribution in [3.63, 3.8) is 0 Å². The van der Waals surface area contributed by atoms with Gasteiger partial charge in [-0.05, 0) is 25.5 Å². The van der Waals surface area contributed by atoms with Crippen LogP contribution in [0, 0.1) is 0 Å². The molecule has 18 heavy (non-hydrogen) atoms. The minimum atomic E-state index is -0.392. The van der Waals surface area contributed by atoms with Crippen molar-refractivity contribution in [3.8, 4) is 0 Å². The fourth-order valence-corrected chi connectivity index (χ4v) is 1.70. The summed E-state index contributed by atoms with van der Waals surface area (Å²) in [5, 5.41) is 0.317. The zero-order chi connectivity index (χ0) is 13.4. The average Bonchev–Trinajstić information content (AvgIpc) is 2.34. The number of hydrogen-bond acceptors (Lipinski definition) is 4. The molecule has 1 aromatic rings. The van der Waals surface area contributed by atoms with Gasteiger partial charge in [0.1, 0.15) is 11.8 Å². The van der Waals surface area contributed by atoms with Crippen molar-refractivity contribution in [2.24, 2.45) is 0 Å². The molecule has 0 radical (unpaired) electrons. The minimum Gasteiger partial charge on any atom is -0.460 e. The molecule has 0 saturated heterocycles. The highest BCUT2D eigenvalue weighted by molar-refractivity contribution is 6.29. The summed E-state index contributed by atoms with van der Waals surface area (Å²) in [5.41, 5.74) is 1.25. The maximum Gasteiger partial charge on any atom is 0.338 e. The van der Waals surface area contributed by atoms with Crippen LogP contribution in [0.1, 0.15) is 36.3 Å². The number of halogens is 1. The number of carbonyl (C=O) groups excluding carboxylic acids is 1. The Labute approximate surface area is 112 Å². The summed E-state index contributed by atoms with van der Waals surface area (Å²) >= 11 is 5.87. The average molecular weight is 272 g/mol. The largest absolute Gasteiger partial charge is 0.460 e. The van der Waals surface area contributed by atoms with Crippen molar-refractivity contribution in [1.82, 2.24) is 4.98 Å². The standard InChI is InChI=1S/C13H18ClNO3/c1-3-5-11-8-10(9-12(14)15-11)13(16)18-7-6-17-4-2/h8-9H,3-7H2,1-2H3. The number of esters is 1. The van der Waals surface area contributed by atoms with Gasteiger partial charge in [0.05, 0.1) is 12.2 Å². The van der Waals surface area contributed by atoms with Gasteiger partial charge in [-0.1, -0.05) is 24.9 Å². The molecule has 0 aliphatic carbocycles. The molecular weight excluding hydrogens is 254 g/mol. The molecule has 0 aliphatic heterocycles. The van der Waals surface area contributed by atoms with E-state index in [9.17, 15) is 4.79 Å². The predicted molar refractivity (Wildman–Crippen MR) is 70.0 cm³/mol. The first-order valence-electron chi connectivity index (χ1n) is 6.08. The fourth-order valence-electron chi connectivity index (χ4n) is 1.47. The first kappa shape index (κ1) is 14.9. The third kappa shape index (κ3) is 5.02. The Hall–Kier alpha value is -1.13. The molecule has 0 aromatic carbocycles. The number of aromatic nitrogens is 1. The van der Waals surface area contributed by atoms with E-state index in [4.69, 9.17) is 21.1 Å². The Morgan fingerprint density at radius 3 is 2.78 bits per heavy atom. The van der Waals surface area contributed by atoms with Gasteiger partial charge in [-0.2, -0.15) is 0 Å². The van der Waals surface area contributed by atoms with Gasteiger partial charge in [-0.3, -0.25) is 0 Å². The molecule has 0 N–H and O–H groups in total. The maximum absolute atomic E-state index is 11.8. The lowest BCUT2D eigenvalue weighted by atomic mass is 10.2. The molecule has 0 fully saturated rings. The van der Waals surface area contributed by atoms with Crippen molar-refractivity contribution in [2.45, 2.75) is 26.7 Å². The van der Waals surface area contributed by atoms with Gasteiger partial charge in [0, 0.05) is 12.3 Å². The molecular formula is C13H18ClNO3. The predicted octanol–water partition coefficient (Wildman–Crippen LogP) is 2.88. The van der Waals surface area contributed by atoms with Gasteiger partial charge in [0.2, 0.25) is 0 Å². The van der Waals surface area contributed by atoms with E-state index in [1.165, 1.54) is 6.07 Å². The quantitative estimate of drug-likeness (QED) is 0.435. The van der Waals surface area contributed by atoms with Crippen LogP contribution in [-0.4, -0.2) is 30.8 Å². The van der Waals surface area contributed by atoms with Crippen LogP contribution in [0.4, 0.5) is 0 Å². The summed E-state index contributed by atoms with van der Waals surface area (Å²) < 4.78 is 10.2. The number of rotatable bonds is 7. The van der Waals surface area contributed by atoms with E-state index >= 15 is 0 Å². The SMILES string of the molecule is CCCc1cc(C(=O)OCCOCC)cc(Cl)n1. The van der Waals surface area contributed by atoms with Gasteiger partial charge in [-0.25, -0.2) is 9.78 Å². The maximum atomic E-state index is 11.8. The third-order valence-corrected chi connectivity index (χ3v) is 2.45. The first-order chi connectivity index (χ1) is 8.67. The molecule has 1 rings (SSSR count). The lowest BCUT2D eigenvalue weighted by molar-refractivity contribution is 0.0335. The number of hydrogen-bond donors (Lipinski definition) is 0. The summed E-state index contributed by atoms with van der Waals surface area (Å²) in [6.45, 7) is 5.20. The molecule has 1 heterocycles. The second-order valence-corrected chi connectivity index (χ2v) is 4.14. The van der Waals surface area contributed by atoms with E-state index in [-0.39, 0.29) is 6.61 Å². The van der Waals surface area contributed by atoms with Crippen LogP contribution >= 0.6 is 11.6 Å². The molecule has 0 spiro atoms. The van der Waals surface area contributed by atoms with Crippen LogP contribution in [0.25, 0.3) is 0 Å². The highest BCUT2D eigenvalue weighted by atomic mass is 35.5. The number of nitrogens with zero attached hydrogens (tertiary/aromatic N) is 1. The molecule has 0 bridgehead atoms. The molecule has 0 saturated carbocycles. The van der Waals surface area contributed by atoms with E-state index in [0.29, 0.717) is 23.9 Å². The Balaban J connectivity index is 2.61. The number of aryl methyl sites for hydroxylation is 1. The zero-order valence-corrected chi connectivity index (χ0v) is 11.5. The summed E-state index contributed by atoms with van der Waals surface area (Å²) in [4.78, 5) is 15.9. The summed E-state index contributed by atoms with van der Waals surface area (Å²) in [6, 6.07) is 3.24. The normalized spacial score (nSPS) is 10.4. The second-order valence-electron chi connectivity index (χ2n) is 3.75. The van der Waals surface area contributed by atoms with Crippen molar-refractivity contribution >= 4 is 17.6 Å². The molecule has 100 valence electrons. The number of carbonyl (C=O) groups is 1. The number of ether oxygens (including phenoxy) is 2. The summed E-state index contributed by atoms with van der Waals surface area (Å²) in [5.74, 6) is -0.392. The van der Waals surface area contributed by atoms with E-state index in [0.717, 1.165) is 18.5 Å². The highest BCUT2D eigenvalue weighted by Gasteiger charge is 2.10. The Bertz CT molecular complexity index is 396. The highest BCUT2D eigenvalue weighted by Crippen LogP contribution is 2.13. The van der Waals surface area contributed by atoms with E-state index in [2.05, 4.69) is 4.98 Å². The van der Waals surface area contributed by atoms with Crippen LogP contribution < -0.4 is 0 Å².